The Bertz CT molecular complexity index is 1450. The fourth-order valence-electron chi connectivity index (χ4n) is 4.41. The van der Waals surface area contributed by atoms with Crippen molar-refractivity contribution >= 4 is 28.9 Å². The second kappa shape index (κ2) is 12.4. The van der Waals surface area contributed by atoms with Crippen LogP contribution in [0.2, 0.25) is 0 Å². The van der Waals surface area contributed by atoms with Gasteiger partial charge < -0.3 is 23.6 Å². The highest BCUT2D eigenvalue weighted by Gasteiger charge is 2.35. The molecule has 1 fully saturated rings. The minimum atomic E-state index is -0.834. The number of hydrogen-bond donors (Lipinski definition) is 1. The standard InChI is InChI=1S/C31H41N5O6/c1-19(2)18-39-23-14-13-20-16-22(12-11-21(20)17-23)25-32-26(42-35-25)24-10-9-15-36(24)27(33-28(37)40-30(3,4)5)34-29(38)41-31(6,7)8/h11-14,16-17,19,24H,9-10,15,18H2,1-8H3,(H,33,34,37,38). The zero-order chi connectivity index (χ0) is 30.7. The van der Waals surface area contributed by atoms with Crippen molar-refractivity contribution in [3.05, 3.63) is 42.3 Å². The molecule has 226 valence electrons. The first kappa shape index (κ1) is 30.8. The second-order valence-electron chi connectivity index (χ2n) is 12.8. The number of nitrogens with one attached hydrogen (secondary N) is 1. The summed E-state index contributed by atoms with van der Waals surface area (Å²) in [5.74, 6) is 2.06. The minimum absolute atomic E-state index is 0.00180. The van der Waals surface area contributed by atoms with E-state index in [2.05, 4.69) is 34.3 Å². The first-order chi connectivity index (χ1) is 19.7. The zero-order valence-electron chi connectivity index (χ0n) is 25.7. The van der Waals surface area contributed by atoms with Gasteiger partial charge in [0, 0.05) is 12.1 Å². The number of nitrogens with zero attached hydrogens (tertiary/aromatic N) is 4. The number of aliphatic imine (C=N–C) groups is 1. The number of alkyl carbamates (subject to hydrolysis) is 1. The van der Waals surface area contributed by atoms with Gasteiger partial charge in [-0.25, -0.2) is 9.59 Å². The van der Waals surface area contributed by atoms with Crippen molar-refractivity contribution in [2.24, 2.45) is 10.9 Å². The number of rotatable bonds is 5. The summed E-state index contributed by atoms with van der Waals surface area (Å²) in [5.41, 5.74) is -0.700. The average molecular weight is 580 g/mol. The Morgan fingerprint density at radius 2 is 1.74 bits per heavy atom. The molecule has 2 heterocycles. The van der Waals surface area contributed by atoms with E-state index in [-0.39, 0.29) is 5.96 Å². The SMILES string of the molecule is CC(C)COc1ccc2cc(-c3noc(C4CCCN4/C(=N/C(=O)OC(C)(C)C)NC(=O)OC(C)(C)C)n3)ccc2c1. The van der Waals surface area contributed by atoms with Crippen molar-refractivity contribution in [2.45, 2.75) is 85.5 Å². The van der Waals surface area contributed by atoms with E-state index in [4.69, 9.17) is 18.7 Å². The maximum absolute atomic E-state index is 12.7. The van der Waals surface area contributed by atoms with Crippen LogP contribution in [0.4, 0.5) is 9.59 Å². The normalized spacial score (nSPS) is 16.2. The topological polar surface area (TPSA) is 128 Å². The van der Waals surface area contributed by atoms with E-state index in [0.29, 0.717) is 37.2 Å². The molecule has 0 radical (unpaired) electrons. The summed E-state index contributed by atoms with van der Waals surface area (Å²) in [6, 6.07) is 11.5. The molecule has 11 nitrogen and oxygen atoms in total. The average Bonchev–Trinajstić information content (AvgIpc) is 3.54. The van der Waals surface area contributed by atoms with Crippen LogP contribution in [-0.4, -0.2) is 57.5 Å². The third-order valence-corrected chi connectivity index (χ3v) is 6.11. The van der Waals surface area contributed by atoms with Gasteiger partial charge in [0.25, 0.3) is 0 Å². The van der Waals surface area contributed by atoms with Crippen LogP contribution in [0.25, 0.3) is 22.2 Å². The molecule has 0 spiro atoms. The number of carbonyl (C=O) groups is 2. The Labute approximate surface area is 246 Å². The summed E-state index contributed by atoms with van der Waals surface area (Å²) in [7, 11) is 0. The van der Waals surface area contributed by atoms with Crippen molar-refractivity contribution in [1.82, 2.24) is 20.4 Å². The Balaban J connectivity index is 1.57. The van der Waals surface area contributed by atoms with Crippen LogP contribution in [-0.2, 0) is 9.47 Å². The van der Waals surface area contributed by atoms with Crippen molar-refractivity contribution in [2.75, 3.05) is 13.2 Å². The lowest BCUT2D eigenvalue weighted by Gasteiger charge is -2.27. The van der Waals surface area contributed by atoms with E-state index in [1.54, 1.807) is 46.4 Å². The number of guanidine groups is 1. The molecule has 1 aliphatic heterocycles. The molecule has 1 atom stereocenters. The molecule has 0 saturated carbocycles. The van der Waals surface area contributed by atoms with Crippen LogP contribution >= 0.6 is 0 Å². The van der Waals surface area contributed by atoms with Crippen molar-refractivity contribution in [3.63, 3.8) is 0 Å². The molecule has 11 heteroatoms. The van der Waals surface area contributed by atoms with Gasteiger partial charge in [0.05, 0.1) is 6.61 Å². The van der Waals surface area contributed by atoms with E-state index in [9.17, 15) is 9.59 Å². The molecule has 1 unspecified atom stereocenters. The Morgan fingerprint density at radius 3 is 2.43 bits per heavy atom. The molecule has 0 bridgehead atoms. The van der Waals surface area contributed by atoms with E-state index in [0.717, 1.165) is 28.5 Å². The molecule has 1 aliphatic rings. The van der Waals surface area contributed by atoms with Crippen molar-refractivity contribution < 1.29 is 28.3 Å². The highest BCUT2D eigenvalue weighted by atomic mass is 16.6. The van der Waals surface area contributed by atoms with Gasteiger partial charge in [-0.2, -0.15) is 4.98 Å². The third-order valence-electron chi connectivity index (χ3n) is 6.11. The summed E-state index contributed by atoms with van der Waals surface area (Å²) in [5, 5.41) is 8.92. The zero-order valence-corrected chi connectivity index (χ0v) is 25.7. The van der Waals surface area contributed by atoms with Gasteiger partial charge in [-0.1, -0.05) is 37.2 Å². The van der Waals surface area contributed by atoms with Crippen molar-refractivity contribution in [3.8, 4) is 17.1 Å². The molecule has 4 rings (SSSR count). The molecular weight excluding hydrogens is 538 g/mol. The summed E-state index contributed by atoms with van der Waals surface area (Å²) in [6.07, 6.45) is -0.167. The summed E-state index contributed by atoms with van der Waals surface area (Å²) in [6.45, 7) is 15.9. The van der Waals surface area contributed by atoms with Crippen molar-refractivity contribution in [1.29, 1.82) is 0 Å². The van der Waals surface area contributed by atoms with Gasteiger partial charge in [-0.05, 0) is 89.3 Å². The maximum atomic E-state index is 12.7. The quantitative estimate of drug-likeness (QED) is 0.254. The van der Waals surface area contributed by atoms with Gasteiger partial charge in [-0.15, -0.1) is 4.99 Å². The maximum Gasteiger partial charge on any atom is 0.437 e. The van der Waals surface area contributed by atoms with Gasteiger partial charge >= 0.3 is 12.2 Å². The number of amides is 2. The van der Waals surface area contributed by atoms with Crippen LogP contribution in [0.3, 0.4) is 0 Å². The Morgan fingerprint density at radius 1 is 1.05 bits per heavy atom. The second-order valence-corrected chi connectivity index (χ2v) is 12.8. The fraction of sp³-hybridized carbons (Fsp3) is 0.516. The van der Waals surface area contributed by atoms with Gasteiger partial charge in [-0.3, -0.25) is 5.32 Å². The number of hydrogen-bond acceptors (Lipinski definition) is 8. The highest BCUT2D eigenvalue weighted by molar-refractivity contribution is 5.99. The lowest BCUT2D eigenvalue weighted by atomic mass is 10.1. The monoisotopic (exact) mass is 579 g/mol. The number of ether oxygens (including phenoxy) is 3. The Kier molecular flexibility index (Phi) is 9.08. The summed E-state index contributed by atoms with van der Waals surface area (Å²) >= 11 is 0. The van der Waals surface area contributed by atoms with Crippen LogP contribution in [0.5, 0.6) is 5.75 Å². The van der Waals surface area contributed by atoms with Crippen LogP contribution in [0, 0.1) is 5.92 Å². The van der Waals surface area contributed by atoms with Crippen LogP contribution in [0.15, 0.2) is 45.9 Å². The number of aromatic nitrogens is 2. The van der Waals surface area contributed by atoms with E-state index in [1.165, 1.54) is 0 Å². The number of carbonyl (C=O) groups excluding carboxylic acids is 2. The predicted molar refractivity (Wildman–Crippen MR) is 159 cm³/mol. The predicted octanol–water partition coefficient (Wildman–Crippen LogP) is 6.88. The van der Waals surface area contributed by atoms with Gasteiger partial charge in [0.2, 0.25) is 17.7 Å². The molecule has 1 aromatic heterocycles. The fourth-order valence-corrected chi connectivity index (χ4v) is 4.41. The lowest BCUT2D eigenvalue weighted by Crippen LogP contribution is -2.46. The molecule has 3 aromatic rings. The van der Waals surface area contributed by atoms with E-state index in [1.807, 2.05) is 36.4 Å². The van der Waals surface area contributed by atoms with Crippen LogP contribution in [0.1, 0.15) is 80.2 Å². The first-order valence-corrected chi connectivity index (χ1v) is 14.3. The molecular formula is C31H41N5O6. The minimum Gasteiger partial charge on any atom is -0.493 e. The summed E-state index contributed by atoms with van der Waals surface area (Å²) < 4.78 is 22.3. The lowest BCUT2D eigenvalue weighted by molar-refractivity contribution is 0.0553. The largest absolute Gasteiger partial charge is 0.493 e. The van der Waals surface area contributed by atoms with Gasteiger partial charge in [0.15, 0.2) is 0 Å². The van der Waals surface area contributed by atoms with E-state index < -0.39 is 29.4 Å². The molecule has 1 saturated heterocycles. The Hall–Kier alpha value is -4.15. The molecule has 2 amide bonds. The number of likely N-dealkylation sites (tertiary alicyclic amines) is 1. The molecule has 1 N–H and O–H groups in total. The molecule has 2 aromatic carbocycles. The summed E-state index contributed by atoms with van der Waals surface area (Å²) in [4.78, 5) is 35.8. The molecule has 0 aliphatic carbocycles. The smallest absolute Gasteiger partial charge is 0.437 e. The third kappa shape index (κ3) is 8.43. The van der Waals surface area contributed by atoms with Crippen LogP contribution < -0.4 is 10.1 Å². The molecule has 42 heavy (non-hydrogen) atoms. The van der Waals surface area contributed by atoms with Gasteiger partial charge in [0.1, 0.15) is 23.0 Å². The number of fused-ring (bicyclic) bond motifs is 1. The number of benzene rings is 2. The highest BCUT2D eigenvalue weighted by Crippen LogP contribution is 2.33. The van der Waals surface area contributed by atoms with E-state index >= 15 is 0 Å². The first-order valence-electron chi connectivity index (χ1n) is 14.3.